The summed E-state index contributed by atoms with van der Waals surface area (Å²) < 4.78 is 0.995. The Balaban J connectivity index is 1.73. The molecule has 4 heteroatoms. The first-order chi connectivity index (χ1) is 9.16. The SMILES string of the molecule is Cc1c(Br)cccc1C(=O)NC1CCN2CCCC12. The Labute approximate surface area is 122 Å². The lowest BCUT2D eigenvalue weighted by Crippen LogP contribution is -2.42. The largest absolute Gasteiger partial charge is 0.348 e. The number of halogens is 1. The minimum absolute atomic E-state index is 0.0672. The maximum Gasteiger partial charge on any atom is 0.251 e. The summed E-state index contributed by atoms with van der Waals surface area (Å²) in [5.74, 6) is 0.0672. The van der Waals surface area contributed by atoms with Gasteiger partial charge in [0.1, 0.15) is 0 Å². The number of nitrogens with one attached hydrogen (secondary N) is 1. The Kier molecular flexibility index (Phi) is 3.63. The molecule has 2 aliphatic rings. The van der Waals surface area contributed by atoms with Crippen LogP contribution in [0.25, 0.3) is 0 Å². The molecule has 2 aliphatic heterocycles. The number of benzene rings is 1. The van der Waals surface area contributed by atoms with E-state index in [9.17, 15) is 4.79 Å². The molecule has 1 aromatic carbocycles. The number of carbonyl (C=O) groups excluding carboxylic acids is 1. The van der Waals surface area contributed by atoms with Crippen molar-refractivity contribution in [2.45, 2.75) is 38.3 Å². The molecule has 2 heterocycles. The molecule has 1 aromatic rings. The lowest BCUT2D eigenvalue weighted by atomic mass is 10.0. The highest BCUT2D eigenvalue weighted by Crippen LogP contribution is 2.28. The molecule has 0 saturated carbocycles. The molecular formula is C15H19BrN2O. The Bertz CT molecular complexity index is 503. The van der Waals surface area contributed by atoms with Gasteiger partial charge in [-0.1, -0.05) is 22.0 Å². The van der Waals surface area contributed by atoms with Gasteiger partial charge in [0.2, 0.25) is 0 Å². The molecule has 2 fully saturated rings. The fourth-order valence-corrected chi connectivity index (χ4v) is 3.72. The Hall–Kier alpha value is -0.870. The molecule has 0 aliphatic carbocycles. The Morgan fingerprint density at radius 2 is 2.21 bits per heavy atom. The van der Waals surface area contributed by atoms with Crippen molar-refractivity contribution in [1.82, 2.24) is 10.2 Å². The van der Waals surface area contributed by atoms with Crippen LogP contribution in [0.3, 0.4) is 0 Å². The molecule has 2 atom stereocenters. The Morgan fingerprint density at radius 1 is 1.37 bits per heavy atom. The van der Waals surface area contributed by atoms with Gasteiger partial charge in [-0.3, -0.25) is 9.69 Å². The number of hydrogen-bond acceptors (Lipinski definition) is 2. The van der Waals surface area contributed by atoms with E-state index in [4.69, 9.17) is 0 Å². The predicted octanol–water partition coefficient (Wildman–Crippen LogP) is 2.72. The summed E-state index contributed by atoms with van der Waals surface area (Å²) in [7, 11) is 0. The van der Waals surface area contributed by atoms with Crippen molar-refractivity contribution >= 4 is 21.8 Å². The van der Waals surface area contributed by atoms with Gasteiger partial charge < -0.3 is 5.32 Å². The minimum atomic E-state index is 0.0672. The van der Waals surface area contributed by atoms with Gasteiger partial charge in [0, 0.05) is 28.7 Å². The van der Waals surface area contributed by atoms with Gasteiger partial charge in [0.15, 0.2) is 0 Å². The molecule has 3 nitrogen and oxygen atoms in total. The van der Waals surface area contributed by atoms with E-state index in [1.807, 2.05) is 25.1 Å². The number of hydrogen-bond donors (Lipinski definition) is 1. The lowest BCUT2D eigenvalue weighted by Gasteiger charge is -2.21. The highest BCUT2D eigenvalue weighted by molar-refractivity contribution is 9.10. The summed E-state index contributed by atoms with van der Waals surface area (Å²) in [5, 5.41) is 3.23. The first kappa shape index (κ1) is 13.1. The molecule has 0 bridgehead atoms. The van der Waals surface area contributed by atoms with E-state index in [2.05, 4.69) is 26.1 Å². The summed E-state index contributed by atoms with van der Waals surface area (Å²) in [6.45, 7) is 4.32. The van der Waals surface area contributed by atoms with Crippen molar-refractivity contribution in [2.24, 2.45) is 0 Å². The van der Waals surface area contributed by atoms with Crippen LogP contribution < -0.4 is 5.32 Å². The third-order valence-corrected chi connectivity index (χ3v) is 5.29. The number of nitrogens with zero attached hydrogens (tertiary/aromatic N) is 1. The monoisotopic (exact) mass is 322 g/mol. The number of rotatable bonds is 2. The number of amides is 1. The van der Waals surface area contributed by atoms with E-state index < -0.39 is 0 Å². The maximum atomic E-state index is 12.4. The molecule has 0 aromatic heterocycles. The standard InChI is InChI=1S/C15H19BrN2O/c1-10-11(4-2-5-12(10)16)15(19)17-13-7-9-18-8-3-6-14(13)18/h2,4-5,13-14H,3,6-9H2,1H3,(H,17,19). The fourth-order valence-electron chi connectivity index (χ4n) is 3.35. The molecule has 1 N–H and O–H groups in total. The van der Waals surface area contributed by atoms with E-state index in [0.29, 0.717) is 12.1 Å². The molecule has 19 heavy (non-hydrogen) atoms. The van der Waals surface area contributed by atoms with E-state index >= 15 is 0 Å². The van der Waals surface area contributed by atoms with Gasteiger partial charge >= 0.3 is 0 Å². The second kappa shape index (κ2) is 5.25. The van der Waals surface area contributed by atoms with Crippen molar-refractivity contribution in [3.8, 4) is 0 Å². The predicted molar refractivity (Wildman–Crippen MR) is 79.3 cm³/mol. The third kappa shape index (κ3) is 2.43. The summed E-state index contributed by atoms with van der Waals surface area (Å²) in [5.41, 5.74) is 1.80. The zero-order chi connectivity index (χ0) is 13.4. The van der Waals surface area contributed by atoms with Crippen LogP contribution in [0, 0.1) is 6.92 Å². The second-order valence-electron chi connectivity index (χ2n) is 5.53. The highest BCUT2D eigenvalue weighted by Gasteiger charge is 2.37. The van der Waals surface area contributed by atoms with Crippen LogP contribution in [-0.2, 0) is 0 Å². The molecule has 2 unspecified atom stereocenters. The van der Waals surface area contributed by atoms with Crippen LogP contribution in [0.4, 0.5) is 0 Å². The van der Waals surface area contributed by atoms with E-state index in [0.717, 1.165) is 28.6 Å². The lowest BCUT2D eigenvalue weighted by molar-refractivity contribution is 0.0929. The second-order valence-corrected chi connectivity index (χ2v) is 6.38. The summed E-state index contributed by atoms with van der Waals surface area (Å²) in [6, 6.07) is 6.68. The van der Waals surface area contributed by atoms with E-state index in [-0.39, 0.29) is 5.91 Å². The van der Waals surface area contributed by atoms with Gasteiger partial charge in [-0.2, -0.15) is 0 Å². The third-order valence-electron chi connectivity index (χ3n) is 4.43. The summed E-state index contributed by atoms with van der Waals surface area (Å²) in [6.07, 6.45) is 3.58. The smallest absolute Gasteiger partial charge is 0.251 e. The molecular weight excluding hydrogens is 304 g/mol. The van der Waals surface area contributed by atoms with Gasteiger partial charge in [-0.05, 0) is 50.4 Å². The van der Waals surface area contributed by atoms with Crippen molar-refractivity contribution in [1.29, 1.82) is 0 Å². The van der Waals surface area contributed by atoms with Crippen LogP contribution in [0.5, 0.6) is 0 Å². The molecule has 102 valence electrons. The van der Waals surface area contributed by atoms with Gasteiger partial charge in [0.25, 0.3) is 5.91 Å². The van der Waals surface area contributed by atoms with Gasteiger partial charge in [-0.25, -0.2) is 0 Å². The Morgan fingerprint density at radius 3 is 3.05 bits per heavy atom. The first-order valence-electron chi connectivity index (χ1n) is 6.97. The quantitative estimate of drug-likeness (QED) is 0.908. The number of fused-ring (bicyclic) bond motifs is 1. The average Bonchev–Trinajstić information content (AvgIpc) is 2.97. The average molecular weight is 323 g/mol. The van der Waals surface area contributed by atoms with Crippen molar-refractivity contribution in [2.75, 3.05) is 13.1 Å². The van der Waals surface area contributed by atoms with Crippen LogP contribution in [0.15, 0.2) is 22.7 Å². The zero-order valence-corrected chi connectivity index (χ0v) is 12.7. The zero-order valence-electron chi connectivity index (χ0n) is 11.2. The maximum absolute atomic E-state index is 12.4. The van der Waals surface area contributed by atoms with Crippen molar-refractivity contribution in [3.05, 3.63) is 33.8 Å². The molecule has 0 spiro atoms. The fraction of sp³-hybridized carbons (Fsp3) is 0.533. The van der Waals surface area contributed by atoms with Gasteiger partial charge in [0.05, 0.1) is 0 Å². The van der Waals surface area contributed by atoms with E-state index in [1.54, 1.807) is 0 Å². The highest BCUT2D eigenvalue weighted by atomic mass is 79.9. The molecule has 1 amide bonds. The minimum Gasteiger partial charge on any atom is -0.348 e. The molecule has 2 saturated heterocycles. The van der Waals surface area contributed by atoms with E-state index in [1.165, 1.54) is 19.4 Å². The topological polar surface area (TPSA) is 32.3 Å². The molecule has 0 radical (unpaired) electrons. The van der Waals surface area contributed by atoms with Crippen molar-refractivity contribution in [3.63, 3.8) is 0 Å². The molecule has 3 rings (SSSR count). The number of carbonyl (C=O) groups is 1. The summed E-state index contributed by atoms with van der Waals surface area (Å²) >= 11 is 3.48. The van der Waals surface area contributed by atoms with Crippen LogP contribution >= 0.6 is 15.9 Å². The first-order valence-corrected chi connectivity index (χ1v) is 7.76. The van der Waals surface area contributed by atoms with Crippen LogP contribution in [0.2, 0.25) is 0 Å². The van der Waals surface area contributed by atoms with Crippen molar-refractivity contribution < 1.29 is 4.79 Å². The summed E-state index contributed by atoms with van der Waals surface area (Å²) in [4.78, 5) is 14.9. The van der Waals surface area contributed by atoms with Gasteiger partial charge in [-0.15, -0.1) is 0 Å². The normalized spacial score (nSPS) is 26.4. The van der Waals surface area contributed by atoms with Crippen LogP contribution in [-0.4, -0.2) is 36.0 Å². The van der Waals surface area contributed by atoms with Crippen LogP contribution in [0.1, 0.15) is 35.2 Å².